The molecule has 0 aliphatic carbocycles. The highest BCUT2D eigenvalue weighted by atomic mass is 16.5. The van der Waals surface area contributed by atoms with Gasteiger partial charge < -0.3 is 20.1 Å². The van der Waals surface area contributed by atoms with Crippen LogP contribution in [0.15, 0.2) is 24.3 Å². The maximum absolute atomic E-state index is 12.2. The van der Waals surface area contributed by atoms with E-state index in [9.17, 15) is 4.79 Å². The van der Waals surface area contributed by atoms with Crippen LogP contribution in [0.5, 0.6) is 0 Å². The van der Waals surface area contributed by atoms with Gasteiger partial charge >= 0.3 is 0 Å². The van der Waals surface area contributed by atoms with Crippen molar-refractivity contribution in [2.75, 3.05) is 39.2 Å². The Bertz CT molecular complexity index is 442. The third kappa shape index (κ3) is 3.05. The molecular weight excluding hydrogens is 244 g/mol. The van der Waals surface area contributed by atoms with Crippen LogP contribution in [0, 0.1) is 0 Å². The molecule has 2 rings (SSSR count). The van der Waals surface area contributed by atoms with Crippen molar-refractivity contribution in [1.82, 2.24) is 5.32 Å². The molecule has 104 valence electrons. The number of hydrogen-bond donors (Lipinski definition) is 2. The molecule has 0 saturated carbocycles. The summed E-state index contributed by atoms with van der Waals surface area (Å²) in [5.74, 6) is -0.103. The van der Waals surface area contributed by atoms with Crippen LogP contribution >= 0.6 is 0 Å². The van der Waals surface area contributed by atoms with Crippen molar-refractivity contribution in [3.05, 3.63) is 29.8 Å². The molecule has 1 aromatic rings. The Morgan fingerprint density at radius 2 is 2.26 bits per heavy atom. The summed E-state index contributed by atoms with van der Waals surface area (Å²) < 4.78 is 10.8. The molecule has 0 radical (unpaired) electrons. The van der Waals surface area contributed by atoms with Gasteiger partial charge in [-0.2, -0.15) is 0 Å². The van der Waals surface area contributed by atoms with Gasteiger partial charge in [0.2, 0.25) is 0 Å². The van der Waals surface area contributed by atoms with Crippen LogP contribution in [-0.4, -0.2) is 45.4 Å². The van der Waals surface area contributed by atoms with E-state index in [1.165, 1.54) is 0 Å². The van der Waals surface area contributed by atoms with Gasteiger partial charge in [-0.1, -0.05) is 12.1 Å². The number of para-hydroxylation sites is 1. The van der Waals surface area contributed by atoms with E-state index < -0.39 is 0 Å². The number of benzene rings is 1. The molecule has 0 aromatic heterocycles. The lowest BCUT2D eigenvalue weighted by Crippen LogP contribution is -2.45. The van der Waals surface area contributed by atoms with Crippen molar-refractivity contribution >= 4 is 11.6 Å². The Kier molecular flexibility index (Phi) is 4.39. The first-order chi connectivity index (χ1) is 9.21. The van der Waals surface area contributed by atoms with Crippen LogP contribution < -0.4 is 10.6 Å². The molecule has 0 bridgehead atoms. The Morgan fingerprint density at radius 3 is 2.89 bits per heavy atom. The van der Waals surface area contributed by atoms with E-state index in [1.807, 2.05) is 18.2 Å². The molecule has 2 N–H and O–H groups in total. The molecule has 1 atom stereocenters. The van der Waals surface area contributed by atoms with E-state index in [2.05, 4.69) is 10.6 Å². The third-order valence-corrected chi connectivity index (χ3v) is 3.51. The Hall–Kier alpha value is -1.59. The fourth-order valence-electron chi connectivity index (χ4n) is 2.20. The molecule has 1 unspecified atom stereocenters. The summed E-state index contributed by atoms with van der Waals surface area (Å²) in [6, 6.07) is 7.41. The van der Waals surface area contributed by atoms with Gasteiger partial charge in [-0.15, -0.1) is 0 Å². The van der Waals surface area contributed by atoms with Crippen LogP contribution in [0.3, 0.4) is 0 Å². The molecule has 1 aliphatic rings. The fraction of sp³-hybridized carbons (Fsp3) is 0.500. The average molecular weight is 264 g/mol. The summed E-state index contributed by atoms with van der Waals surface area (Å²) in [5.41, 5.74) is 1.06. The summed E-state index contributed by atoms with van der Waals surface area (Å²) >= 11 is 0. The minimum Gasteiger partial charge on any atom is -0.387 e. The summed E-state index contributed by atoms with van der Waals surface area (Å²) in [6.07, 6.45) is 0.803. The Balaban J connectivity index is 2.01. The maximum Gasteiger partial charge on any atom is 0.253 e. The van der Waals surface area contributed by atoms with Crippen molar-refractivity contribution in [2.45, 2.75) is 12.0 Å². The minimum absolute atomic E-state index is 0.103. The number of ether oxygens (including phenoxy) is 2. The monoisotopic (exact) mass is 264 g/mol. The van der Waals surface area contributed by atoms with Gasteiger partial charge in [0.15, 0.2) is 0 Å². The standard InChI is InChI=1S/C14H20N2O3/c1-15-12-6-4-3-5-11(12)13(17)16-9-14(18-2)7-8-19-10-14/h3-6,15H,7-10H2,1-2H3,(H,16,17). The van der Waals surface area contributed by atoms with Crippen LogP contribution in [0.25, 0.3) is 0 Å². The number of amides is 1. The fourth-order valence-corrected chi connectivity index (χ4v) is 2.20. The van der Waals surface area contributed by atoms with E-state index in [0.717, 1.165) is 12.1 Å². The normalized spacial score (nSPS) is 22.2. The number of nitrogens with one attached hydrogen (secondary N) is 2. The maximum atomic E-state index is 12.2. The van der Waals surface area contributed by atoms with Gasteiger partial charge in [-0.3, -0.25) is 4.79 Å². The molecule has 19 heavy (non-hydrogen) atoms. The molecule has 1 aliphatic heterocycles. The molecule has 5 nitrogen and oxygen atoms in total. The van der Waals surface area contributed by atoms with Crippen molar-refractivity contribution in [2.24, 2.45) is 0 Å². The summed E-state index contributed by atoms with van der Waals surface area (Å²) in [7, 11) is 3.45. The molecule has 1 aromatic carbocycles. The second-order valence-corrected chi connectivity index (χ2v) is 4.67. The predicted molar refractivity (Wildman–Crippen MR) is 73.5 cm³/mol. The number of rotatable bonds is 5. The number of methoxy groups -OCH3 is 1. The lowest BCUT2D eigenvalue weighted by Gasteiger charge is -2.26. The zero-order valence-corrected chi connectivity index (χ0v) is 11.4. The zero-order chi connectivity index (χ0) is 13.7. The first-order valence-electron chi connectivity index (χ1n) is 6.39. The highest BCUT2D eigenvalue weighted by Gasteiger charge is 2.35. The van der Waals surface area contributed by atoms with E-state index >= 15 is 0 Å². The molecule has 1 saturated heterocycles. The number of carbonyl (C=O) groups is 1. The molecule has 0 spiro atoms. The second kappa shape index (κ2) is 6.04. The Labute approximate surface area is 113 Å². The number of hydrogen-bond acceptors (Lipinski definition) is 4. The topological polar surface area (TPSA) is 59.6 Å². The van der Waals surface area contributed by atoms with E-state index in [4.69, 9.17) is 9.47 Å². The lowest BCUT2D eigenvalue weighted by molar-refractivity contribution is -0.0148. The SMILES string of the molecule is CNc1ccccc1C(=O)NCC1(OC)CCOC1. The molecule has 1 heterocycles. The van der Waals surface area contributed by atoms with Gasteiger partial charge in [-0.25, -0.2) is 0 Å². The quantitative estimate of drug-likeness (QED) is 0.840. The van der Waals surface area contributed by atoms with Crippen molar-refractivity contribution < 1.29 is 14.3 Å². The highest BCUT2D eigenvalue weighted by Crippen LogP contribution is 2.22. The van der Waals surface area contributed by atoms with Gasteiger partial charge in [0.05, 0.1) is 12.2 Å². The predicted octanol–water partition coefficient (Wildman–Crippen LogP) is 1.26. The van der Waals surface area contributed by atoms with Crippen molar-refractivity contribution in [1.29, 1.82) is 0 Å². The molecule has 1 amide bonds. The molecular formula is C14H20N2O3. The second-order valence-electron chi connectivity index (χ2n) is 4.67. The van der Waals surface area contributed by atoms with E-state index in [1.54, 1.807) is 20.2 Å². The molecule has 5 heteroatoms. The first kappa shape index (κ1) is 13.8. The van der Waals surface area contributed by atoms with Gasteiger partial charge in [0.25, 0.3) is 5.91 Å². The zero-order valence-electron chi connectivity index (χ0n) is 11.4. The average Bonchev–Trinajstić information content (AvgIpc) is 2.94. The van der Waals surface area contributed by atoms with Crippen LogP contribution in [0.2, 0.25) is 0 Å². The van der Waals surface area contributed by atoms with Crippen LogP contribution in [0.1, 0.15) is 16.8 Å². The summed E-state index contributed by atoms with van der Waals surface area (Å²) in [5, 5.41) is 5.93. The summed E-state index contributed by atoms with van der Waals surface area (Å²) in [4.78, 5) is 12.2. The van der Waals surface area contributed by atoms with Gasteiger partial charge in [0, 0.05) is 39.4 Å². The van der Waals surface area contributed by atoms with E-state index in [0.29, 0.717) is 25.3 Å². The van der Waals surface area contributed by atoms with Crippen LogP contribution in [-0.2, 0) is 9.47 Å². The van der Waals surface area contributed by atoms with E-state index in [-0.39, 0.29) is 11.5 Å². The molecule has 1 fully saturated rings. The Morgan fingerprint density at radius 1 is 1.47 bits per heavy atom. The minimum atomic E-state index is -0.385. The number of anilines is 1. The summed E-state index contributed by atoms with van der Waals surface area (Å²) in [6.45, 7) is 1.66. The van der Waals surface area contributed by atoms with Gasteiger partial charge in [0.1, 0.15) is 5.60 Å². The van der Waals surface area contributed by atoms with Gasteiger partial charge in [-0.05, 0) is 12.1 Å². The largest absolute Gasteiger partial charge is 0.387 e. The third-order valence-electron chi connectivity index (χ3n) is 3.51. The number of carbonyl (C=O) groups excluding carboxylic acids is 1. The van der Waals surface area contributed by atoms with Crippen LogP contribution in [0.4, 0.5) is 5.69 Å². The smallest absolute Gasteiger partial charge is 0.253 e. The first-order valence-corrected chi connectivity index (χ1v) is 6.39. The highest BCUT2D eigenvalue weighted by molar-refractivity contribution is 5.99. The van der Waals surface area contributed by atoms with Crippen molar-refractivity contribution in [3.8, 4) is 0 Å². The van der Waals surface area contributed by atoms with Crippen molar-refractivity contribution in [3.63, 3.8) is 0 Å². The lowest BCUT2D eigenvalue weighted by atomic mass is 10.0.